The smallest absolute Gasteiger partial charge is 0.266 e. The molecule has 0 unspecified atom stereocenters. The van der Waals surface area contributed by atoms with Crippen LogP contribution in [0.4, 0.5) is 5.13 Å². The van der Waals surface area contributed by atoms with Crippen molar-refractivity contribution in [3.63, 3.8) is 0 Å². The average molecular weight is 368 g/mol. The summed E-state index contributed by atoms with van der Waals surface area (Å²) in [6, 6.07) is 6.82. The van der Waals surface area contributed by atoms with Gasteiger partial charge in [0.25, 0.3) is 11.8 Å². The van der Waals surface area contributed by atoms with Crippen LogP contribution in [0.25, 0.3) is 0 Å². The Morgan fingerprint density at radius 1 is 1.38 bits per heavy atom. The van der Waals surface area contributed by atoms with Crippen LogP contribution in [0.2, 0.25) is 5.02 Å². The highest BCUT2D eigenvalue weighted by Gasteiger charge is 2.20. The normalized spacial score (nSPS) is 11.7. The summed E-state index contributed by atoms with van der Waals surface area (Å²) in [5.41, 5.74) is 0.581. The third-order valence-electron chi connectivity index (χ3n) is 3.11. The maximum absolute atomic E-state index is 12.2. The molecule has 0 radical (unpaired) electrons. The molecule has 1 N–H and O–H groups in total. The average Bonchev–Trinajstić information content (AvgIpc) is 2.86. The molecule has 6 nitrogen and oxygen atoms in total. The molecule has 0 spiro atoms. The minimum atomic E-state index is -0.735. The summed E-state index contributed by atoms with van der Waals surface area (Å²) < 4.78 is 5.56. The molecule has 0 aliphatic heterocycles. The number of rotatable bonds is 5. The number of nitrogens with one attached hydrogen (secondary N) is 1. The molecular weight excluding hydrogens is 350 g/mol. The number of ether oxygens (including phenoxy) is 1. The molecule has 0 aliphatic rings. The van der Waals surface area contributed by atoms with Crippen LogP contribution >= 0.6 is 22.9 Å². The van der Waals surface area contributed by atoms with Crippen molar-refractivity contribution in [1.82, 2.24) is 9.88 Å². The van der Waals surface area contributed by atoms with Crippen molar-refractivity contribution in [3.8, 4) is 5.75 Å². The van der Waals surface area contributed by atoms with E-state index in [9.17, 15) is 9.59 Å². The number of thiazole rings is 1. The van der Waals surface area contributed by atoms with Crippen molar-refractivity contribution in [3.05, 3.63) is 39.9 Å². The first kappa shape index (κ1) is 18.2. The van der Waals surface area contributed by atoms with Crippen molar-refractivity contribution in [1.29, 1.82) is 0 Å². The maximum Gasteiger partial charge on any atom is 0.266 e. The maximum atomic E-state index is 12.2. The number of halogens is 1. The molecule has 1 aromatic heterocycles. The van der Waals surface area contributed by atoms with Gasteiger partial charge in [0.15, 0.2) is 11.2 Å². The second-order valence-corrected chi connectivity index (χ2v) is 6.78. The van der Waals surface area contributed by atoms with Gasteiger partial charge in [-0.15, -0.1) is 0 Å². The van der Waals surface area contributed by atoms with Gasteiger partial charge in [-0.2, -0.15) is 0 Å². The van der Waals surface area contributed by atoms with E-state index in [2.05, 4.69) is 10.3 Å². The fourth-order valence-electron chi connectivity index (χ4n) is 1.86. The number of carbonyl (C=O) groups excluding carboxylic acids is 2. The van der Waals surface area contributed by atoms with E-state index >= 15 is 0 Å². The number of benzene rings is 1. The summed E-state index contributed by atoms with van der Waals surface area (Å²) in [6.45, 7) is 3.36. The molecule has 0 fully saturated rings. The molecule has 0 bridgehead atoms. The summed E-state index contributed by atoms with van der Waals surface area (Å²) in [6.07, 6.45) is -0.735. The van der Waals surface area contributed by atoms with Gasteiger partial charge in [-0.05, 0) is 32.0 Å². The van der Waals surface area contributed by atoms with Crippen LogP contribution in [0.5, 0.6) is 5.75 Å². The zero-order valence-electron chi connectivity index (χ0n) is 13.8. The Hall–Kier alpha value is -2.12. The van der Waals surface area contributed by atoms with E-state index in [4.69, 9.17) is 16.3 Å². The lowest BCUT2D eigenvalue weighted by molar-refractivity contribution is -0.122. The van der Waals surface area contributed by atoms with Crippen molar-refractivity contribution in [2.45, 2.75) is 20.0 Å². The fourth-order valence-corrected chi connectivity index (χ4v) is 3.03. The minimum Gasteiger partial charge on any atom is -0.481 e. The Bertz CT molecular complexity index is 761. The van der Waals surface area contributed by atoms with E-state index in [0.717, 1.165) is 11.3 Å². The fraction of sp³-hybridized carbons (Fsp3) is 0.312. The SMILES string of the molecule is Cc1nc(NC(=O)[C@H](C)Oc2cccc(Cl)c2)sc1C(=O)N(C)C. The molecule has 2 aromatic rings. The summed E-state index contributed by atoms with van der Waals surface area (Å²) in [7, 11) is 3.33. The van der Waals surface area contributed by atoms with Crippen LogP contribution in [0.15, 0.2) is 24.3 Å². The van der Waals surface area contributed by atoms with E-state index in [0.29, 0.717) is 26.5 Å². The molecule has 24 heavy (non-hydrogen) atoms. The van der Waals surface area contributed by atoms with Gasteiger partial charge in [0.05, 0.1) is 5.69 Å². The van der Waals surface area contributed by atoms with E-state index in [1.165, 1.54) is 4.90 Å². The second-order valence-electron chi connectivity index (χ2n) is 5.34. The van der Waals surface area contributed by atoms with Gasteiger partial charge in [-0.3, -0.25) is 14.9 Å². The zero-order valence-corrected chi connectivity index (χ0v) is 15.4. The van der Waals surface area contributed by atoms with E-state index in [-0.39, 0.29) is 11.8 Å². The van der Waals surface area contributed by atoms with Crippen LogP contribution < -0.4 is 10.1 Å². The topological polar surface area (TPSA) is 71.5 Å². The Labute approximate surface area is 149 Å². The van der Waals surface area contributed by atoms with Crippen LogP contribution in [-0.2, 0) is 4.79 Å². The molecule has 2 amide bonds. The number of aromatic nitrogens is 1. The summed E-state index contributed by atoms with van der Waals surface area (Å²) in [5.74, 6) is 0.00486. The molecule has 2 rings (SSSR count). The van der Waals surface area contributed by atoms with Crippen LogP contribution in [0.3, 0.4) is 0 Å². The van der Waals surface area contributed by atoms with E-state index < -0.39 is 6.10 Å². The van der Waals surface area contributed by atoms with E-state index in [1.807, 2.05) is 0 Å². The highest BCUT2D eigenvalue weighted by Crippen LogP contribution is 2.24. The lowest BCUT2D eigenvalue weighted by Crippen LogP contribution is -2.30. The number of hydrogen-bond acceptors (Lipinski definition) is 5. The number of anilines is 1. The van der Waals surface area contributed by atoms with Crippen molar-refractivity contribution < 1.29 is 14.3 Å². The third kappa shape index (κ3) is 4.46. The Morgan fingerprint density at radius 3 is 2.71 bits per heavy atom. The molecule has 0 saturated carbocycles. The van der Waals surface area contributed by atoms with Crippen molar-refractivity contribution in [2.75, 3.05) is 19.4 Å². The predicted octanol–water partition coefficient (Wildman–Crippen LogP) is 3.21. The minimum absolute atomic E-state index is 0.145. The van der Waals surface area contributed by atoms with Gasteiger partial charge in [-0.25, -0.2) is 4.98 Å². The summed E-state index contributed by atoms with van der Waals surface area (Å²) in [5, 5.41) is 3.57. The molecule has 1 atom stereocenters. The molecule has 1 heterocycles. The number of hydrogen-bond donors (Lipinski definition) is 1. The zero-order chi connectivity index (χ0) is 17.9. The van der Waals surface area contributed by atoms with Gasteiger partial charge in [0.2, 0.25) is 0 Å². The first-order valence-electron chi connectivity index (χ1n) is 7.20. The van der Waals surface area contributed by atoms with Gasteiger partial charge in [0, 0.05) is 19.1 Å². The number of amides is 2. The lowest BCUT2D eigenvalue weighted by Gasteiger charge is -2.13. The van der Waals surface area contributed by atoms with Gasteiger partial charge in [-0.1, -0.05) is 29.0 Å². The van der Waals surface area contributed by atoms with Crippen molar-refractivity contribution >= 4 is 39.9 Å². The number of aryl methyl sites for hydroxylation is 1. The highest BCUT2D eigenvalue weighted by atomic mass is 35.5. The van der Waals surface area contributed by atoms with Crippen LogP contribution in [0, 0.1) is 6.92 Å². The standard InChI is InChI=1S/C16H18ClN3O3S/c1-9-13(15(22)20(3)4)24-16(18-9)19-14(21)10(2)23-12-7-5-6-11(17)8-12/h5-8,10H,1-4H3,(H,18,19,21)/t10-/m0/s1. The molecule has 8 heteroatoms. The lowest BCUT2D eigenvalue weighted by atomic mass is 10.3. The monoisotopic (exact) mass is 367 g/mol. The van der Waals surface area contributed by atoms with Gasteiger partial charge < -0.3 is 9.64 Å². The van der Waals surface area contributed by atoms with Gasteiger partial charge in [0.1, 0.15) is 10.6 Å². The third-order valence-corrected chi connectivity index (χ3v) is 4.40. The first-order valence-corrected chi connectivity index (χ1v) is 8.39. The molecule has 1 aromatic carbocycles. The summed E-state index contributed by atoms with van der Waals surface area (Å²) in [4.78, 5) is 30.4. The number of nitrogens with zero attached hydrogens (tertiary/aromatic N) is 2. The highest BCUT2D eigenvalue weighted by molar-refractivity contribution is 7.17. The first-order chi connectivity index (χ1) is 11.3. The predicted molar refractivity (Wildman–Crippen MR) is 95.0 cm³/mol. The van der Waals surface area contributed by atoms with Crippen LogP contribution in [0.1, 0.15) is 22.3 Å². The Morgan fingerprint density at radius 2 is 2.08 bits per heavy atom. The quantitative estimate of drug-likeness (QED) is 0.880. The van der Waals surface area contributed by atoms with Crippen LogP contribution in [-0.4, -0.2) is 41.9 Å². The summed E-state index contributed by atoms with van der Waals surface area (Å²) >= 11 is 7.03. The van der Waals surface area contributed by atoms with Gasteiger partial charge >= 0.3 is 0 Å². The number of carbonyl (C=O) groups is 2. The molecular formula is C16H18ClN3O3S. The molecule has 0 saturated heterocycles. The Kier molecular flexibility index (Phi) is 5.80. The second kappa shape index (κ2) is 7.63. The Balaban J connectivity index is 2.04. The molecule has 128 valence electrons. The largest absolute Gasteiger partial charge is 0.481 e. The van der Waals surface area contributed by atoms with Crippen molar-refractivity contribution in [2.24, 2.45) is 0 Å². The molecule has 0 aliphatic carbocycles. The van der Waals surface area contributed by atoms with E-state index in [1.54, 1.807) is 52.2 Å².